The molecule has 86 valence electrons. The lowest BCUT2D eigenvalue weighted by Gasteiger charge is -2.22. The third-order valence-electron chi connectivity index (χ3n) is 2.42. The Kier molecular flexibility index (Phi) is 3.80. The fourth-order valence-corrected chi connectivity index (χ4v) is 2.91. The number of hydrogen-bond acceptors (Lipinski definition) is 3. The Balaban J connectivity index is 1.99. The molecule has 2 rings (SSSR count). The van der Waals surface area contributed by atoms with Crippen molar-refractivity contribution < 1.29 is 9.59 Å². The molecule has 2 N–H and O–H groups in total. The van der Waals surface area contributed by atoms with Gasteiger partial charge in [0.2, 0.25) is 5.91 Å². The summed E-state index contributed by atoms with van der Waals surface area (Å²) >= 11 is 3.69. The molecule has 1 atom stereocenters. The van der Waals surface area contributed by atoms with Gasteiger partial charge in [0.05, 0.1) is 8.45 Å². The first kappa shape index (κ1) is 11.8. The minimum absolute atomic E-state index is 0.0791. The number of rotatable bonds is 2. The molecule has 1 aliphatic heterocycles. The number of nitrogens with one attached hydrogen (secondary N) is 2. The molecule has 1 aromatic heterocycles. The molecular formula is C10H11IN2O2S. The van der Waals surface area contributed by atoms with E-state index in [1.54, 1.807) is 5.38 Å². The van der Waals surface area contributed by atoms with Gasteiger partial charge in [-0.25, -0.2) is 0 Å². The van der Waals surface area contributed by atoms with Crippen molar-refractivity contribution in [3.05, 3.63) is 19.9 Å². The van der Waals surface area contributed by atoms with Gasteiger partial charge in [0.15, 0.2) is 0 Å². The van der Waals surface area contributed by atoms with Crippen LogP contribution in [-0.2, 0) is 4.79 Å². The fraction of sp³-hybridized carbons (Fsp3) is 0.400. The zero-order valence-electron chi connectivity index (χ0n) is 8.46. The van der Waals surface area contributed by atoms with Crippen molar-refractivity contribution in [2.24, 2.45) is 0 Å². The lowest BCUT2D eigenvalue weighted by molar-refractivity contribution is -0.124. The van der Waals surface area contributed by atoms with Crippen LogP contribution in [0.3, 0.4) is 0 Å². The lowest BCUT2D eigenvalue weighted by Crippen LogP contribution is -2.50. The second-order valence-electron chi connectivity index (χ2n) is 3.60. The van der Waals surface area contributed by atoms with E-state index >= 15 is 0 Å². The predicted octanol–water partition coefficient (Wildman–Crippen LogP) is 1.36. The number of halogens is 1. The standard InChI is InChI=1S/C10H11IN2O2S/c11-8-4-6(5-16-8)9(14)13-7-2-1-3-12-10(7)15/h4-5,7H,1-3H2,(H,12,15)(H,13,14). The molecule has 4 nitrogen and oxygen atoms in total. The summed E-state index contributed by atoms with van der Waals surface area (Å²) < 4.78 is 1.07. The molecule has 1 aliphatic rings. The van der Waals surface area contributed by atoms with Crippen molar-refractivity contribution in [2.45, 2.75) is 18.9 Å². The summed E-state index contributed by atoms with van der Waals surface area (Å²) in [4.78, 5) is 23.2. The monoisotopic (exact) mass is 350 g/mol. The van der Waals surface area contributed by atoms with Crippen LogP contribution in [0, 0.1) is 2.88 Å². The topological polar surface area (TPSA) is 58.2 Å². The first-order valence-corrected chi connectivity index (χ1v) is 6.95. The first-order chi connectivity index (χ1) is 7.66. The molecule has 0 bridgehead atoms. The molecule has 1 unspecified atom stereocenters. The van der Waals surface area contributed by atoms with Crippen molar-refractivity contribution in [3.63, 3.8) is 0 Å². The molecule has 1 saturated heterocycles. The second-order valence-corrected chi connectivity index (χ2v) is 6.40. The highest BCUT2D eigenvalue weighted by Gasteiger charge is 2.24. The predicted molar refractivity (Wildman–Crippen MR) is 70.5 cm³/mol. The van der Waals surface area contributed by atoms with Crippen LogP contribution >= 0.6 is 33.9 Å². The Bertz CT molecular complexity index is 419. The third-order valence-corrected chi connectivity index (χ3v) is 4.21. The smallest absolute Gasteiger partial charge is 0.252 e. The third kappa shape index (κ3) is 2.73. The highest BCUT2D eigenvalue weighted by molar-refractivity contribution is 14.1. The summed E-state index contributed by atoms with van der Waals surface area (Å²) in [6, 6.07) is 1.44. The Hall–Kier alpha value is -0.630. The average molecular weight is 350 g/mol. The molecule has 0 saturated carbocycles. The molecular weight excluding hydrogens is 339 g/mol. The largest absolute Gasteiger partial charge is 0.354 e. The van der Waals surface area contributed by atoms with Gasteiger partial charge in [-0.15, -0.1) is 11.3 Å². The van der Waals surface area contributed by atoms with Gasteiger partial charge in [-0.05, 0) is 41.5 Å². The van der Waals surface area contributed by atoms with E-state index in [-0.39, 0.29) is 17.9 Å². The number of amides is 2. The van der Waals surface area contributed by atoms with Crippen molar-refractivity contribution in [2.75, 3.05) is 6.54 Å². The SMILES string of the molecule is O=C(NC1CCCNC1=O)c1csc(I)c1. The zero-order valence-corrected chi connectivity index (χ0v) is 11.4. The van der Waals surface area contributed by atoms with E-state index in [9.17, 15) is 9.59 Å². The number of carbonyl (C=O) groups is 2. The maximum Gasteiger partial charge on any atom is 0.252 e. The Morgan fingerprint density at radius 2 is 2.44 bits per heavy atom. The summed E-state index contributed by atoms with van der Waals surface area (Å²) in [6.45, 7) is 0.710. The molecule has 0 aromatic carbocycles. The van der Waals surface area contributed by atoms with Crippen molar-refractivity contribution >= 4 is 45.7 Å². The Labute approximate surface area is 111 Å². The van der Waals surface area contributed by atoms with E-state index in [1.807, 2.05) is 6.07 Å². The van der Waals surface area contributed by atoms with Gasteiger partial charge in [0.25, 0.3) is 5.91 Å². The van der Waals surface area contributed by atoms with Crippen LogP contribution < -0.4 is 10.6 Å². The van der Waals surface area contributed by atoms with Gasteiger partial charge in [-0.2, -0.15) is 0 Å². The quantitative estimate of drug-likeness (QED) is 0.792. The van der Waals surface area contributed by atoms with Gasteiger partial charge in [-0.1, -0.05) is 0 Å². The molecule has 0 spiro atoms. The highest BCUT2D eigenvalue weighted by Crippen LogP contribution is 2.16. The maximum absolute atomic E-state index is 11.8. The van der Waals surface area contributed by atoms with Gasteiger partial charge < -0.3 is 10.6 Å². The highest BCUT2D eigenvalue weighted by atomic mass is 127. The van der Waals surface area contributed by atoms with E-state index in [0.717, 1.165) is 15.7 Å². The fourth-order valence-electron chi connectivity index (χ4n) is 1.58. The minimum atomic E-state index is -0.376. The van der Waals surface area contributed by atoms with E-state index in [1.165, 1.54) is 11.3 Å². The molecule has 2 heterocycles. The normalized spacial score (nSPS) is 20.3. The zero-order chi connectivity index (χ0) is 11.5. The van der Waals surface area contributed by atoms with Gasteiger partial charge in [0, 0.05) is 11.9 Å². The summed E-state index contributed by atoms with van der Waals surface area (Å²) in [7, 11) is 0. The van der Waals surface area contributed by atoms with Crippen LogP contribution in [0.15, 0.2) is 11.4 Å². The molecule has 16 heavy (non-hydrogen) atoms. The van der Waals surface area contributed by atoms with Crippen LogP contribution in [0.4, 0.5) is 0 Å². The molecule has 2 amide bonds. The van der Waals surface area contributed by atoms with E-state index < -0.39 is 0 Å². The maximum atomic E-state index is 11.8. The van der Waals surface area contributed by atoms with Crippen LogP contribution in [-0.4, -0.2) is 24.4 Å². The van der Waals surface area contributed by atoms with Crippen LogP contribution in [0.1, 0.15) is 23.2 Å². The summed E-state index contributed by atoms with van der Waals surface area (Å²) in [5.74, 6) is -0.245. The summed E-state index contributed by atoms with van der Waals surface area (Å²) in [5.41, 5.74) is 0.632. The lowest BCUT2D eigenvalue weighted by atomic mass is 10.1. The number of piperidine rings is 1. The van der Waals surface area contributed by atoms with Crippen molar-refractivity contribution in [3.8, 4) is 0 Å². The van der Waals surface area contributed by atoms with E-state index in [0.29, 0.717) is 12.1 Å². The van der Waals surface area contributed by atoms with Crippen LogP contribution in [0.2, 0.25) is 0 Å². The second kappa shape index (κ2) is 5.13. The van der Waals surface area contributed by atoms with E-state index in [2.05, 4.69) is 33.2 Å². The Morgan fingerprint density at radius 3 is 3.06 bits per heavy atom. The summed E-state index contributed by atoms with van der Waals surface area (Å²) in [6.07, 6.45) is 1.64. The molecule has 0 aliphatic carbocycles. The molecule has 0 radical (unpaired) electrons. The number of hydrogen-bond donors (Lipinski definition) is 2. The van der Waals surface area contributed by atoms with Crippen molar-refractivity contribution in [1.29, 1.82) is 0 Å². The molecule has 1 aromatic rings. The molecule has 1 fully saturated rings. The Morgan fingerprint density at radius 1 is 1.62 bits per heavy atom. The van der Waals surface area contributed by atoms with Crippen molar-refractivity contribution in [1.82, 2.24) is 10.6 Å². The summed E-state index contributed by atoms with van der Waals surface area (Å²) in [5, 5.41) is 7.30. The molecule has 6 heteroatoms. The van der Waals surface area contributed by atoms with E-state index in [4.69, 9.17) is 0 Å². The van der Waals surface area contributed by atoms with Gasteiger partial charge in [-0.3, -0.25) is 9.59 Å². The average Bonchev–Trinajstić information content (AvgIpc) is 2.68. The first-order valence-electron chi connectivity index (χ1n) is 4.99. The van der Waals surface area contributed by atoms with Gasteiger partial charge in [0.1, 0.15) is 6.04 Å². The van der Waals surface area contributed by atoms with Crippen LogP contribution in [0.5, 0.6) is 0 Å². The van der Waals surface area contributed by atoms with Crippen LogP contribution in [0.25, 0.3) is 0 Å². The minimum Gasteiger partial charge on any atom is -0.354 e. The van der Waals surface area contributed by atoms with Gasteiger partial charge >= 0.3 is 0 Å². The number of carbonyl (C=O) groups excluding carboxylic acids is 2. The number of thiophene rings is 1.